The molecule has 1 atom stereocenters. The molecular weight excluding hydrogens is 398 g/mol. The first-order chi connectivity index (χ1) is 13.1. The van der Waals surface area contributed by atoms with Crippen LogP contribution < -0.4 is 4.72 Å². The second-order valence-electron chi connectivity index (χ2n) is 6.80. The van der Waals surface area contributed by atoms with Gasteiger partial charge in [0.05, 0.1) is 23.8 Å². The number of benzene rings is 2. The lowest BCUT2D eigenvalue weighted by Gasteiger charge is -2.21. The fraction of sp³-hybridized carbons (Fsp3) is 0.316. The second-order valence-corrected chi connectivity index (χ2v) is 10.7. The Morgan fingerprint density at radius 1 is 1.11 bits per heavy atom. The Balaban J connectivity index is 1.95. The third kappa shape index (κ3) is 4.53. The molecule has 1 heterocycles. The van der Waals surface area contributed by atoms with Crippen LogP contribution >= 0.6 is 0 Å². The van der Waals surface area contributed by atoms with Crippen LogP contribution in [0.1, 0.15) is 36.1 Å². The Morgan fingerprint density at radius 3 is 2.39 bits per heavy atom. The highest BCUT2D eigenvalue weighted by Gasteiger charge is 2.34. The molecule has 2 aromatic carbocycles. The topological polar surface area (TPSA) is 95.9 Å². The zero-order chi connectivity index (χ0) is 20.5. The Hall–Kier alpha value is -2.39. The van der Waals surface area contributed by atoms with Crippen LogP contribution in [0.5, 0.6) is 0 Å². The molecule has 1 aliphatic rings. The van der Waals surface area contributed by atoms with Crippen molar-refractivity contribution in [3.8, 4) is 0 Å². The van der Waals surface area contributed by atoms with E-state index in [2.05, 4.69) is 9.82 Å². The zero-order valence-corrected chi connectivity index (χ0v) is 17.6. The Morgan fingerprint density at radius 2 is 1.79 bits per heavy atom. The number of aryl methyl sites for hydroxylation is 1. The number of anilines is 1. The van der Waals surface area contributed by atoms with Gasteiger partial charge in [0.15, 0.2) is 0 Å². The minimum atomic E-state index is -3.56. The number of nitrogens with zero attached hydrogens (tertiary/aromatic N) is 2. The van der Waals surface area contributed by atoms with Crippen LogP contribution in [0.3, 0.4) is 0 Å². The highest BCUT2D eigenvalue weighted by molar-refractivity contribution is 7.92. The van der Waals surface area contributed by atoms with Crippen molar-refractivity contribution in [2.45, 2.75) is 26.3 Å². The van der Waals surface area contributed by atoms with Crippen molar-refractivity contribution in [3.05, 3.63) is 65.2 Å². The summed E-state index contributed by atoms with van der Waals surface area (Å²) in [6, 6.07) is 14.1. The summed E-state index contributed by atoms with van der Waals surface area (Å²) in [6.45, 7) is 3.53. The molecular formula is C19H23N3O4S2. The predicted molar refractivity (Wildman–Crippen MR) is 111 cm³/mol. The number of sulfonamides is 2. The fourth-order valence-electron chi connectivity index (χ4n) is 3.02. The maximum absolute atomic E-state index is 12.3. The highest BCUT2D eigenvalue weighted by atomic mass is 32.2. The van der Waals surface area contributed by atoms with Crippen molar-refractivity contribution >= 4 is 31.4 Å². The highest BCUT2D eigenvalue weighted by Crippen LogP contribution is 2.35. The largest absolute Gasteiger partial charge is 0.284 e. The third-order valence-electron chi connectivity index (χ3n) is 4.52. The van der Waals surface area contributed by atoms with Gasteiger partial charge in [-0.05, 0) is 37.1 Å². The van der Waals surface area contributed by atoms with Gasteiger partial charge in [-0.3, -0.25) is 4.72 Å². The van der Waals surface area contributed by atoms with Crippen molar-refractivity contribution < 1.29 is 16.8 Å². The van der Waals surface area contributed by atoms with E-state index in [-0.39, 0.29) is 5.75 Å². The van der Waals surface area contributed by atoms with Crippen LogP contribution in [0.15, 0.2) is 53.6 Å². The Kier molecular flexibility index (Phi) is 5.49. The summed E-state index contributed by atoms with van der Waals surface area (Å²) in [5, 5.41) is 4.35. The molecule has 0 aliphatic carbocycles. The van der Waals surface area contributed by atoms with Gasteiger partial charge in [-0.1, -0.05) is 42.0 Å². The molecule has 0 bridgehead atoms. The number of hydrogen-bond acceptors (Lipinski definition) is 5. The molecule has 0 fully saturated rings. The van der Waals surface area contributed by atoms with Gasteiger partial charge in [0.25, 0.3) is 0 Å². The molecule has 2 aromatic rings. The van der Waals surface area contributed by atoms with Gasteiger partial charge in [-0.25, -0.2) is 16.8 Å². The summed E-state index contributed by atoms with van der Waals surface area (Å²) >= 11 is 0. The summed E-state index contributed by atoms with van der Waals surface area (Å²) in [7, 11) is -6.96. The van der Waals surface area contributed by atoms with E-state index in [4.69, 9.17) is 0 Å². The third-order valence-corrected chi connectivity index (χ3v) is 6.85. The van der Waals surface area contributed by atoms with Crippen LogP contribution in [0.2, 0.25) is 0 Å². The molecule has 0 unspecified atom stereocenters. The molecule has 0 saturated carbocycles. The number of nitrogens with one attached hydrogen (secondary N) is 1. The van der Waals surface area contributed by atoms with Crippen LogP contribution in [0, 0.1) is 6.92 Å². The van der Waals surface area contributed by atoms with Gasteiger partial charge >= 0.3 is 0 Å². The van der Waals surface area contributed by atoms with Gasteiger partial charge in [0, 0.05) is 12.1 Å². The zero-order valence-electron chi connectivity index (χ0n) is 16.0. The maximum atomic E-state index is 12.3. The summed E-state index contributed by atoms with van der Waals surface area (Å²) < 4.78 is 51.8. The maximum Gasteiger partial charge on any atom is 0.247 e. The average molecular weight is 422 g/mol. The quantitative estimate of drug-likeness (QED) is 0.776. The van der Waals surface area contributed by atoms with Crippen LogP contribution in [0.25, 0.3) is 0 Å². The van der Waals surface area contributed by atoms with Crippen molar-refractivity contribution in [1.82, 2.24) is 4.41 Å². The lowest BCUT2D eigenvalue weighted by Crippen LogP contribution is -2.25. The van der Waals surface area contributed by atoms with E-state index in [0.29, 0.717) is 23.4 Å². The molecule has 1 N–H and O–H groups in total. The van der Waals surface area contributed by atoms with Crippen LogP contribution in [-0.2, 0) is 20.0 Å². The van der Waals surface area contributed by atoms with E-state index in [0.717, 1.165) is 21.8 Å². The predicted octanol–water partition coefficient (Wildman–Crippen LogP) is 2.87. The van der Waals surface area contributed by atoms with Crippen molar-refractivity contribution in [1.29, 1.82) is 0 Å². The first-order valence-corrected chi connectivity index (χ1v) is 12.3. The van der Waals surface area contributed by atoms with Crippen LogP contribution in [0.4, 0.5) is 5.69 Å². The van der Waals surface area contributed by atoms with E-state index in [9.17, 15) is 16.8 Å². The molecule has 150 valence electrons. The van der Waals surface area contributed by atoms with E-state index in [1.807, 2.05) is 31.2 Å². The lowest BCUT2D eigenvalue weighted by molar-refractivity contribution is 0.375. The molecule has 0 radical (unpaired) electrons. The molecule has 1 aliphatic heterocycles. The second kappa shape index (κ2) is 7.56. The monoisotopic (exact) mass is 421 g/mol. The van der Waals surface area contributed by atoms with Gasteiger partial charge in [0.2, 0.25) is 20.0 Å². The molecule has 0 aromatic heterocycles. The van der Waals surface area contributed by atoms with Crippen LogP contribution in [-0.4, -0.2) is 39.0 Å². The Bertz CT molecular complexity index is 1110. The van der Waals surface area contributed by atoms with Crippen molar-refractivity contribution in [2.24, 2.45) is 5.10 Å². The smallest absolute Gasteiger partial charge is 0.247 e. The fourth-order valence-corrected chi connectivity index (χ4v) is 4.56. The SMILES string of the molecule is CCS(=O)(=O)Nc1cccc(C2=NN(S(C)(=O)=O)[C@@H](c3ccc(C)cc3)C2)c1. The first-order valence-electron chi connectivity index (χ1n) is 8.83. The van der Waals surface area contributed by atoms with Gasteiger partial charge in [0.1, 0.15) is 0 Å². The number of hydrogen-bond donors (Lipinski definition) is 1. The molecule has 7 nitrogen and oxygen atoms in total. The Labute approximate surface area is 166 Å². The molecule has 0 spiro atoms. The summed E-state index contributed by atoms with van der Waals surface area (Å²) in [4.78, 5) is 0. The van der Waals surface area contributed by atoms with E-state index in [1.165, 1.54) is 0 Å². The molecule has 28 heavy (non-hydrogen) atoms. The number of hydrazone groups is 1. The number of rotatable bonds is 6. The standard InChI is InChI=1S/C19H23N3O4S2/c1-4-28(25,26)21-17-7-5-6-16(12-17)18-13-19(22(20-18)27(3,23)24)15-10-8-14(2)9-11-15/h5-12,19,21H,4,13H2,1-3H3/t19-/m1/s1. The van der Waals surface area contributed by atoms with Gasteiger partial charge in [-0.2, -0.15) is 9.52 Å². The minimum absolute atomic E-state index is 0.0322. The summed E-state index contributed by atoms with van der Waals surface area (Å²) in [6.07, 6.45) is 1.53. The van der Waals surface area contributed by atoms with Crippen molar-refractivity contribution in [2.75, 3.05) is 16.7 Å². The summed E-state index contributed by atoms with van der Waals surface area (Å²) in [5.74, 6) is -0.0322. The molecule has 9 heteroatoms. The molecule has 0 saturated heterocycles. The normalized spacial score (nSPS) is 17.5. The van der Waals surface area contributed by atoms with Gasteiger partial charge in [-0.15, -0.1) is 0 Å². The summed E-state index contributed by atoms with van der Waals surface area (Å²) in [5.41, 5.74) is 3.64. The van der Waals surface area contributed by atoms with E-state index >= 15 is 0 Å². The average Bonchev–Trinajstić information content (AvgIpc) is 3.08. The van der Waals surface area contributed by atoms with E-state index < -0.39 is 26.1 Å². The first kappa shape index (κ1) is 20.3. The van der Waals surface area contributed by atoms with E-state index in [1.54, 1.807) is 31.2 Å². The molecule has 3 rings (SSSR count). The molecule has 0 amide bonds. The van der Waals surface area contributed by atoms with Crippen molar-refractivity contribution in [3.63, 3.8) is 0 Å². The lowest BCUT2D eigenvalue weighted by atomic mass is 9.98. The minimum Gasteiger partial charge on any atom is -0.284 e. The van der Waals surface area contributed by atoms with Gasteiger partial charge < -0.3 is 0 Å².